The second kappa shape index (κ2) is 5.09. The third-order valence-corrected chi connectivity index (χ3v) is 3.30. The number of carbonyl (C=O) groups is 2. The quantitative estimate of drug-likeness (QED) is 0.798. The number of carboxylic acid groups (broad SMARTS) is 1. The summed E-state index contributed by atoms with van der Waals surface area (Å²) in [6.45, 7) is 0. The van der Waals surface area contributed by atoms with E-state index in [9.17, 15) is 18.0 Å². The molecule has 0 atom stereocenters. The molecule has 1 aromatic carbocycles. The SMILES string of the molecule is CS(=O)(=O)c1ccc(C(=O)CCC(=O)O)cc1. The van der Waals surface area contributed by atoms with E-state index >= 15 is 0 Å². The summed E-state index contributed by atoms with van der Waals surface area (Å²) in [5.74, 6) is -1.35. The molecular formula is C11H12O5S. The predicted octanol–water partition coefficient (Wildman–Crippen LogP) is 1.14. The van der Waals surface area contributed by atoms with E-state index < -0.39 is 15.8 Å². The van der Waals surface area contributed by atoms with E-state index in [2.05, 4.69) is 0 Å². The van der Waals surface area contributed by atoms with E-state index in [-0.39, 0.29) is 23.5 Å². The lowest BCUT2D eigenvalue weighted by molar-refractivity contribution is -0.136. The zero-order valence-electron chi connectivity index (χ0n) is 9.21. The van der Waals surface area contributed by atoms with Crippen LogP contribution < -0.4 is 0 Å². The fourth-order valence-electron chi connectivity index (χ4n) is 1.25. The molecule has 0 aliphatic rings. The summed E-state index contributed by atoms with van der Waals surface area (Å²) >= 11 is 0. The number of hydrogen-bond donors (Lipinski definition) is 1. The van der Waals surface area contributed by atoms with E-state index in [1.807, 2.05) is 0 Å². The molecule has 0 bridgehead atoms. The molecule has 0 fully saturated rings. The minimum atomic E-state index is -3.28. The van der Waals surface area contributed by atoms with Crippen LogP contribution in [0.3, 0.4) is 0 Å². The Kier molecular flexibility index (Phi) is 4.01. The Hall–Kier alpha value is -1.69. The van der Waals surface area contributed by atoms with Gasteiger partial charge in [-0.3, -0.25) is 9.59 Å². The molecule has 1 aromatic rings. The van der Waals surface area contributed by atoms with Gasteiger partial charge >= 0.3 is 5.97 Å². The summed E-state index contributed by atoms with van der Waals surface area (Å²) in [5.41, 5.74) is 0.318. The van der Waals surface area contributed by atoms with Crippen LogP contribution in [0.15, 0.2) is 29.2 Å². The molecular weight excluding hydrogens is 244 g/mol. The fraction of sp³-hybridized carbons (Fsp3) is 0.273. The van der Waals surface area contributed by atoms with Crippen molar-refractivity contribution < 1.29 is 23.1 Å². The Morgan fingerprint density at radius 1 is 1.12 bits per heavy atom. The predicted molar refractivity (Wildman–Crippen MR) is 60.8 cm³/mol. The van der Waals surface area contributed by atoms with Gasteiger partial charge in [-0.2, -0.15) is 0 Å². The van der Waals surface area contributed by atoms with Crippen LogP contribution >= 0.6 is 0 Å². The summed E-state index contributed by atoms with van der Waals surface area (Å²) in [6.07, 6.45) is 0.758. The maximum absolute atomic E-state index is 11.5. The van der Waals surface area contributed by atoms with E-state index in [1.54, 1.807) is 0 Å². The van der Waals surface area contributed by atoms with Crippen LogP contribution in [-0.4, -0.2) is 31.5 Å². The van der Waals surface area contributed by atoms with E-state index in [0.717, 1.165) is 6.26 Å². The van der Waals surface area contributed by atoms with E-state index in [1.165, 1.54) is 24.3 Å². The second-order valence-corrected chi connectivity index (χ2v) is 5.63. The maximum Gasteiger partial charge on any atom is 0.303 e. The van der Waals surface area contributed by atoms with Gasteiger partial charge in [-0.1, -0.05) is 12.1 Å². The molecule has 1 rings (SSSR count). The Bertz CT molecular complexity index is 527. The minimum absolute atomic E-state index is 0.0897. The maximum atomic E-state index is 11.5. The van der Waals surface area contributed by atoms with Crippen LogP contribution in [0.5, 0.6) is 0 Å². The van der Waals surface area contributed by atoms with Gasteiger partial charge in [0.25, 0.3) is 0 Å². The summed E-state index contributed by atoms with van der Waals surface area (Å²) in [4.78, 5) is 21.9. The highest BCUT2D eigenvalue weighted by atomic mass is 32.2. The van der Waals surface area contributed by atoms with Gasteiger partial charge in [-0.25, -0.2) is 8.42 Å². The van der Waals surface area contributed by atoms with E-state index in [0.29, 0.717) is 5.56 Å². The smallest absolute Gasteiger partial charge is 0.303 e. The van der Waals surface area contributed by atoms with Gasteiger partial charge in [-0.15, -0.1) is 0 Å². The van der Waals surface area contributed by atoms with Crippen LogP contribution in [-0.2, 0) is 14.6 Å². The highest BCUT2D eigenvalue weighted by Gasteiger charge is 2.11. The van der Waals surface area contributed by atoms with Crippen molar-refractivity contribution in [1.29, 1.82) is 0 Å². The first-order chi connectivity index (χ1) is 7.80. The molecule has 0 aromatic heterocycles. The third-order valence-electron chi connectivity index (χ3n) is 2.17. The van der Waals surface area contributed by atoms with Crippen molar-refractivity contribution in [2.75, 3.05) is 6.26 Å². The van der Waals surface area contributed by atoms with Gasteiger partial charge in [0, 0.05) is 18.2 Å². The van der Waals surface area contributed by atoms with Crippen molar-refractivity contribution >= 4 is 21.6 Å². The molecule has 0 unspecified atom stereocenters. The first kappa shape index (κ1) is 13.4. The molecule has 0 radical (unpaired) electrons. The molecule has 0 aliphatic heterocycles. The first-order valence-corrected chi connectivity index (χ1v) is 6.75. The summed E-state index contributed by atoms with van der Waals surface area (Å²) in [5, 5.41) is 8.43. The number of aliphatic carboxylic acids is 1. The van der Waals surface area contributed by atoms with Crippen molar-refractivity contribution in [3.63, 3.8) is 0 Å². The number of sulfone groups is 1. The van der Waals surface area contributed by atoms with Gasteiger partial charge < -0.3 is 5.11 Å². The first-order valence-electron chi connectivity index (χ1n) is 4.86. The van der Waals surface area contributed by atoms with Crippen molar-refractivity contribution in [2.24, 2.45) is 0 Å². The number of carbonyl (C=O) groups excluding carboxylic acids is 1. The number of carboxylic acids is 1. The van der Waals surface area contributed by atoms with Gasteiger partial charge in [0.2, 0.25) is 0 Å². The number of hydrogen-bond acceptors (Lipinski definition) is 4. The molecule has 0 spiro atoms. The molecule has 5 nitrogen and oxygen atoms in total. The Balaban J connectivity index is 2.81. The fourth-order valence-corrected chi connectivity index (χ4v) is 1.88. The molecule has 92 valence electrons. The van der Waals surface area contributed by atoms with Crippen LogP contribution in [0.1, 0.15) is 23.2 Å². The Morgan fingerprint density at radius 3 is 2.06 bits per heavy atom. The zero-order valence-corrected chi connectivity index (χ0v) is 10.0. The lowest BCUT2D eigenvalue weighted by atomic mass is 10.1. The van der Waals surface area contributed by atoms with Gasteiger partial charge in [0.05, 0.1) is 11.3 Å². The largest absolute Gasteiger partial charge is 0.481 e. The van der Waals surface area contributed by atoms with Crippen molar-refractivity contribution in [3.05, 3.63) is 29.8 Å². The standard InChI is InChI=1S/C11H12O5S/c1-17(15,16)9-4-2-8(3-5-9)10(12)6-7-11(13)14/h2-5H,6-7H2,1H3,(H,13,14). The zero-order chi connectivity index (χ0) is 13.1. The summed E-state index contributed by atoms with van der Waals surface area (Å²) in [6, 6.07) is 5.45. The molecule has 6 heteroatoms. The molecule has 0 heterocycles. The average molecular weight is 256 g/mol. The average Bonchev–Trinajstić information content (AvgIpc) is 2.25. The lowest BCUT2D eigenvalue weighted by Gasteiger charge is -2.01. The van der Waals surface area contributed by atoms with E-state index in [4.69, 9.17) is 5.11 Å². The lowest BCUT2D eigenvalue weighted by Crippen LogP contribution is -2.04. The van der Waals surface area contributed by atoms with Crippen LogP contribution in [0, 0.1) is 0 Å². The van der Waals surface area contributed by atoms with Crippen molar-refractivity contribution in [3.8, 4) is 0 Å². The van der Waals surface area contributed by atoms with Crippen LogP contribution in [0.25, 0.3) is 0 Å². The summed E-state index contributed by atoms with van der Waals surface area (Å²) in [7, 11) is -3.28. The normalized spacial score (nSPS) is 11.1. The third kappa shape index (κ3) is 3.99. The minimum Gasteiger partial charge on any atom is -0.481 e. The van der Waals surface area contributed by atoms with Crippen LogP contribution in [0.4, 0.5) is 0 Å². The van der Waals surface area contributed by atoms with Gasteiger partial charge in [-0.05, 0) is 12.1 Å². The van der Waals surface area contributed by atoms with Gasteiger partial charge in [0.1, 0.15) is 0 Å². The second-order valence-electron chi connectivity index (χ2n) is 3.61. The Labute approximate surface area is 99.0 Å². The molecule has 0 saturated heterocycles. The summed E-state index contributed by atoms with van der Waals surface area (Å²) < 4.78 is 22.3. The number of benzene rings is 1. The highest BCUT2D eigenvalue weighted by Crippen LogP contribution is 2.12. The Morgan fingerprint density at radius 2 is 1.65 bits per heavy atom. The van der Waals surface area contributed by atoms with Crippen LogP contribution in [0.2, 0.25) is 0 Å². The monoisotopic (exact) mass is 256 g/mol. The molecule has 0 aliphatic carbocycles. The molecule has 1 N–H and O–H groups in total. The topological polar surface area (TPSA) is 88.5 Å². The molecule has 17 heavy (non-hydrogen) atoms. The number of ketones is 1. The van der Waals surface area contributed by atoms with Crippen molar-refractivity contribution in [2.45, 2.75) is 17.7 Å². The highest BCUT2D eigenvalue weighted by molar-refractivity contribution is 7.90. The van der Waals surface area contributed by atoms with Gasteiger partial charge in [0.15, 0.2) is 15.6 Å². The molecule has 0 saturated carbocycles. The number of rotatable bonds is 5. The molecule has 0 amide bonds. The number of Topliss-reactive ketones (excluding diaryl/α,β-unsaturated/α-hetero) is 1. The van der Waals surface area contributed by atoms with Crippen molar-refractivity contribution in [1.82, 2.24) is 0 Å².